The second-order valence-corrected chi connectivity index (χ2v) is 8.99. The molecule has 0 aliphatic heterocycles. The number of alkyl halides is 2. The summed E-state index contributed by atoms with van der Waals surface area (Å²) in [4.78, 5) is 24.2. The molecule has 0 fully saturated rings. The van der Waals surface area contributed by atoms with Gasteiger partial charge in [-0.05, 0) is 42.7 Å². The molecule has 1 amide bonds. The third-order valence-corrected chi connectivity index (χ3v) is 6.64. The third kappa shape index (κ3) is 5.18. The highest BCUT2D eigenvalue weighted by Gasteiger charge is 2.43. The van der Waals surface area contributed by atoms with E-state index >= 15 is 0 Å². The summed E-state index contributed by atoms with van der Waals surface area (Å²) in [6, 6.07) is 8.64. The summed E-state index contributed by atoms with van der Waals surface area (Å²) in [5, 5.41) is 8.84. The first-order valence-corrected chi connectivity index (χ1v) is 10.3. The van der Waals surface area contributed by atoms with Crippen molar-refractivity contribution in [2.45, 2.75) is 31.2 Å². The van der Waals surface area contributed by atoms with Crippen LogP contribution < -0.4 is 15.8 Å². The monoisotopic (exact) mass is 430 g/mol. The number of halogens is 2. The SMILES string of the molecule is C[C@@](CCn1ccc(-c2cccc(OC(F)F)c2)cc1=O)(C(=O)NO)S(C)(=O)=O. The molecule has 2 rings (SSSR count). The number of hydrogen-bond donors (Lipinski definition) is 2. The van der Waals surface area contributed by atoms with Gasteiger partial charge in [0, 0.05) is 25.1 Å². The number of nitrogens with one attached hydrogen (secondary N) is 1. The lowest BCUT2D eigenvalue weighted by molar-refractivity contribution is -0.131. The van der Waals surface area contributed by atoms with Crippen LogP contribution in [-0.4, -0.2) is 41.7 Å². The summed E-state index contributed by atoms with van der Waals surface area (Å²) in [6.45, 7) is -1.93. The van der Waals surface area contributed by atoms with Crippen molar-refractivity contribution in [2.24, 2.45) is 0 Å². The van der Waals surface area contributed by atoms with Crippen molar-refractivity contribution in [1.29, 1.82) is 0 Å². The van der Waals surface area contributed by atoms with Gasteiger partial charge in [0.2, 0.25) is 0 Å². The number of benzene rings is 1. The Morgan fingerprint density at radius 3 is 2.48 bits per heavy atom. The zero-order valence-electron chi connectivity index (χ0n) is 15.6. The van der Waals surface area contributed by atoms with Crippen LogP contribution in [0, 0.1) is 0 Å². The van der Waals surface area contributed by atoms with Gasteiger partial charge in [0.05, 0.1) is 0 Å². The molecule has 1 heterocycles. The van der Waals surface area contributed by atoms with Gasteiger partial charge in [-0.25, -0.2) is 13.9 Å². The molecule has 1 aromatic heterocycles. The van der Waals surface area contributed by atoms with Crippen LogP contribution in [0.4, 0.5) is 8.78 Å². The fourth-order valence-corrected chi connectivity index (χ4v) is 3.49. The molecule has 0 saturated heterocycles. The summed E-state index contributed by atoms with van der Waals surface area (Å²) in [5.74, 6) is -1.15. The van der Waals surface area contributed by atoms with Crippen molar-refractivity contribution < 1.29 is 31.9 Å². The highest BCUT2D eigenvalue weighted by atomic mass is 32.2. The topological polar surface area (TPSA) is 115 Å². The van der Waals surface area contributed by atoms with Crippen molar-refractivity contribution in [3.05, 3.63) is 52.9 Å². The van der Waals surface area contributed by atoms with Gasteiger partial charge in [-0.1, -0.05) is 12.1 Å². The third-order valence-electron chi connectivity index (χ3n) is 4.62. The highest BCUT2D eigenvalue weighted by Crippen LogP contribution is 2.25. The van der Waals surface area contributed by atoms with Crippen LogP contribution in [0.5, 0.6) is 5.75 Å². The number of ether oxygens (including phenoxy) is 1. The molecule has 0 radical (unpaired) electrons. The molecule has 1 atom stereocenters. The molecule has 11 heteroatoms. The zero-order valence-corrected chi connectivity index (χ0v) is 16.4. The van der Waals surface area contributed by atoms with E-state index in [1.807, 2.05) is 0 Å². The Morgan fingerprint density at radius 1 is 1.28 bits per heavy atom. The largest absolute Gasteiger partial charge is 0.435 e. The van der Waals surface area contributed by atoms with Crippen LogP contribution in [0.3, 0.4) is 0 Å². The second-order valence-electron chi connectivity index (χ2n) is 6.55. The fraction of sp³-hybridized carbons (Fsp3) is 0.333. The number of rotatable bonds is 8. The number of pyridine rings is 1. The van der Waals surface area contributed by atoms with Crippen LogP contribution in [-0.2, 0) is 21.2 Å². The van der Waals surface area contributed by atoms with Crippen LogP contribution in [0.2, 0.25) is 0 Å². The van der Waals surface area contributed by atoms with Crippen molar-refractivity contribution in [2.75, 3.05) is 6.26 Å². The Hall–Kier alpha value is -2.79. The summed E-state index contributed by atoms with van der Waals surface area (Å²) >= 11 is 0. The molecular formula is C18H20F2N2O6S. The molecule has 0 bridgehead atoms. The van der Waals surface area contributed by atoms with Crippen molar-refractivity contribution in [3.8, 4) is 16.9 Å². The Balaban J connectivity index is 2.26. The Labute approximate surface area is 165 Å². The van der Waals surface area contributed by atoms with Gasteiger partial charge in [-0.15, -0.1) is 0 Å². The van der Waals surface area contributed by atoms with E-state index in [-0.39, 0.29) is 18.7 Å². The number of sulfone groups is 1. The lowest BCUT2D eigenvalue weighted by Crippen LogP contribution is -2.49. The fourth-order valence-electron chi connectivity index (χ4n) is 2.64. The van der Waals surface area contributed by atoms with Crippen molar-refractivity contribution in [1.82, 2.24) is 10.0 Å². The van der Waals surface area contributed by atoms with Crippen molar-refractivity contribution >= 4 is 15.7 Å². The molecular weight excluding hydrogens is 410 g/mol. The molecule has 0 aliphatic carbocycles. The molecule has 1 aromatic carbocycles. The predicted molar refractivity (Wildman–Crippen MR) is 101 cm³/mol. The number of hydrogen-bond acceptors (Lipinski definition) is 6. The molecule has 0 spiro atoms. The van der Waals surface area contributed by atoms with Crippen LogP contribution in [0.15, 0.2) is 47.4 Å². The number of carbonyl (C=O) groups excluding carboxylic acids is 1. The number of carbonyl (C=O) groups is 1. The maximum atomic E-state index is 12.4. The molecule has 8 nitrogen and oxygen atoms in total. The standard InChI is InChI=1S/C18H20F2N2O6S/c1-18(16(24)21-25,29(2,26)27)7-9-22-8-6-13(11-15(22)23)12-4-3-5-14(10-12)28-17(19)20/h3-6,8,10-11,17,25H,7,9H2,1-2H3,(H,21,24)/t18-/m1/s1. The van der Waals surface area contributed by atoms with E-state index in [2.05, 4.69) is 4.74 Å². The number of nitrogens with zero attached hydrogens (tertiary/aromatic N) is 1. The zero-order chi connectivity index (χ0) is 21.8. The Morgan fingerprint density at radius 2 is 1.93 bits per heavy atom. The predicted octanol–water partition coefficient (Wildman–Crippen LogP) is 1.82. The van der Waals surface area contributed by atoms with E-state index in [0.29, 0.717) is 11.1 Å². The minimum atomic E-state index is -3.89. The molecule has 29 heavy (non-hydrogen) atoms. The minimum Gasteiger partial charge on any atom is -0.435 e. The Kier molecular flexibility index (Phi) is 6.75. The number of amides is 1. The van der Waals surface area contributed by atoms with E-state index in [0.717, 1.165) is 13.2 Å². The lowest BCUT2D eigenvalue weighted by atomic mass is 10.1. The van der Waals surface area contributed by atoms with Crippen LogP contribution in [0.1, 0.15) is 13.3 Å². The van der Waals surface area contributed by atoms with Gasteiger partial charge in [-0.2, -0.15) is 8.78 Å². The summed E-state index contributed by atoms with van der Waals surface area (Å²) < 4.78 is 52.3. The first-order valence-electron chi connectivity index (χ1n) is 8.38. The molecule has 2 N–H and O–H groups in total. The normalized spacial score (nSPS) is 13.7. The average molecular weight is 430 g/mol. The van der Waals surface area contributed by atoms with E-state index in [9.17, 15) is 26.8 Å². The molecule has 158 valence electrons. The van der Waals surface area contributed by atoms with Gasteiger partial charge in [0.15, 0.2) is 14.6 Å². The van der Waals surface area contributed by atoms with Gasteiger partial charge in [-0.3, -0.25) is 14.8 Å². The molecule has 0 aliphatic rings. The van der Waals surface area contributed by atoms with Crippen molar-refractivity contribution in [3.63, 3.8) is 0 Å². The number of aromatic nitrogens is 1. The summed E-state index contributed by atoms with van der Waals surface area (Å²) in [5.41, 5.74) is 1.79. The maximum absolute atomic E-state index is 12.4. The number of aryl methyl sites for hydroxylation is 1. The minimum absolute atomic E-state index is 0.0550. The quantitative estimate of drug-likeness (QED) is 0.488. The van der Waals surface area contributed by atoms with Gasteiger partial charge in [0.1, 0.15) is 5.75 Å². The molecule has 2 aromatic rings. The second kappa shape index (κ2) is 8.70. The maximum Gasteiger partial charge on any atom is 0.387 e. The molecule has 0 saturated carbocycles. The molecule has 0 unspecified atom stereocenters. The van der Waals surface area contributed by atoms with Gasteiger partial charge in [0.25, 0.3) is 11.5 Å². The van der Waals surface area contributed by atoms with E-state index in [1.165, 1.54) is 40.5 Å². The van der Waals surface area contributed by atoms with Gasteiger partial charge < -0.3 is 9.30 Å². The lowest BCUT2D eigenvalue weighted by Gasteiger charge is -2.25. The Bertz CT molecular complexity index is 1050. The van der Waals surface area contributed by atoms with E-state index < -0.39 is 32.7 Å². The number of hydroxylamine groups is 1. The average Bonchev–Trinajstić information content (AvgIpc) is 2.64. The van der Waals surface area contributed by atoms with E-state index in [1.54, 1.807) is 12.1 Å². The van der Waals surface area contributed by atoms with E-state index in [4.69, 9.17) is 5.21 Å². The summed E-state index contributed by atoms with van der Waals surface area (Å²) in [6.07, 6.45) is 2.01. The van der Waals surface area contributed by atoms with Crippen LogP contribution in [0.25, 0.3) is 11.1 Å². The first-order chi connectivity index (χ1) is 13.5. The first kappa shape index (κ1) is 22.5. The highest BCUT2D eigenvalue weighted by molar-refractivity contribution is 7.92. The van der Waals surface area contributed by atoms with Crippen LogP contribution >= 0.6 is 0 Å². The summed E-state index contributed by atoms with van der Waals surface area (Å²) in [7, 11) is -3.89. The van der Waals surface area contributed by atoms with Gasteiger partial charge >= 0.3 is 6.61 Å². The smallest absolute Gasteiger partial charge is 0.387 e.